The smallest absolute Gasteiger partial charge is 0.248 e. The normalized spacial score (nSPS) is 12.1. The van der Waals surface area contributed by atoms with Crippen LogP contribution in [0.2, 0.25) is 0 Å². The van der Waals surface area contributed by atoms with Crippen molar-refractivity contribution in [1.29, 1.82) is 0 Å². The molecule has 1 atom stereocenters. The minimum atomic E-state index is -0.347. The van der Waals surface area contributed by atoms with E-state index in [1.54, 1.807) is 6.92 Å². The van der Waals surface area contributed by atoms with Crippen molar-refractivity contribution in [2.45, 2.75) is 46.6 Å². The molecule has 0 fully saturated rings. The summed E-state index contributed by atoms with van der Waals surface area (Å²) in [5.41, 5.74) is 0. The van der Waals surface area contributed by atoms with E-state index >= 15 is 0 Å². The first-order valence-electron chi connectivity index (χ1n) is 6.68. The maximum atomic E-state index is 11.6. The summed E-state index contributed by atoms with van der Waals surface area (Å²) in [5.74, 6) is 0.593. The van der Waals surface area contributed by atoms with E-state index in [1.165, 1.54) is 0 Å². The molecule has 0 rings (SSSR count). The van der Waals surface area contributed by atoms with E-state index in [2.05, 4.69) is 31.4 Å². The molecule has 4 nitrogen and oxygen atoms in total. The molecule has 0 bridgehead atoms. The van der Waals surface area contributed by atoms with Crippen LogP contribution in [-0.4, -0.2) is 38.3 Å². The number of hydrogen-bond donors (Lipinski definition) is 2. The first-order chi connectivity index (χ1) is 8.07. The molecule has 0 saturated carbocycles. The van der Waals surface area contributed by atoms with Crippen LogP contribution in [0.4, 0.5) is 0 Å². The van der Waals surface area contributed by atoms with Gasteiger partial charge in [0.15, 0.2) is 0 Å². The highest BCUT2D eigenvalue weighted by Gasteiger charge is 2.12. The number of ether oxygens (including phenoxy) is 1. The molecule has 2 N–H and O–H groups in total. The molecule has 0 radical (unpaired) electrons. The molecule has 0 aromatic heterocycles. The molecule has 0 aromatic carbocycles. The number of nitrogens with one attached hydrogen (secondary N) is 2. The van der Waals surface area contributed by atoms with Crippen molar-refractivity contribution in [3.05, 3.63) is 0 Å². The van der Waals surface area contributed by atoms with Gasteiger partial charge >= 0.3 is 0 Å². The molecule has 18 heavy (non-hydrogen) atoms. The van der Waals surface area contributed by atoms with Crippen LogP contribution in [0.1, 0.15) is 40.5 Å². The highest BCUT2D eigenvalue weighted by molar-refractivity contribution is 5.85. The Balaban J connectivity index is 0. The Hall–Kier alpha value is -0.320. The minimum Gasteiger partial charge on any atom is -0.369 e. The zero-order valence-corrected chi connectivity index (χ0v) is 12.9. The second-order valence-corrected chi connectivity index (χ2v) is 4.74. The van der Waals surface area contributed by atoms with Crippen molar-refractivity contribution in [3.63, 3.8) is 0 Å². The second kappa shape index (κ2) is 13.1. The first kappa shape index (κ1) is 20.0. The fraction of sp³-hybridized carbons (Fsp3) is 0.923. The van der Waals surface area contributed by atoms with Gasteiger partial charge in [-0.05, 0) is 32.2 Å². The van der Waals surface area contributed by atoms with E-state index in [-0.39, 0.29) is 24.4 Å². The Morgan fingerprint density at radius 2 is 1.83 bits per heavy atom. The van der Waals surface area contributed by atoms with E-state index < -0.39 is 0 Å². The SMILES string of the molecule is CCCNCCNC(=O)C(C)OCCC(C)C.Cl. The van der Waals surface area contributed by atoms with Crippen LogP contribution in [0, 0.1) is 5.92 Å². The third-order valence-corrected chi connectivity index (χ3v) is 2.46. The Morgan fingerprint density at radius 1 is 1.17 bits per heavy atom. The highest BCUT2D eigenvalue weighted by Crippen LogP contribution is 2.01. The molecular weight excluding hydrogens is 252 g/mol. The molecule has 0 heterocycles. The molecule has 0 saturated heterocycles. The second-order valence-electron chi connectivity index (χ2n) is 4.74. The molecular formula is C13H29ClN2O2. The molecule has 5 heteroatoms. The molecule has 0 aliphatic rings. The summed E-state index contributed by atoms with van der Waals surface area (Å²) in [7, 11) is 0. The van der Waals surface area contributed by atoms with E-state index in [0.29, 0.717) is 19.1 Å². The van der Waals surface area contributed by atoms with Crippen LogP contribution in [0.25, 0.3) is 0 Å². The number of rotatable bonds is 10. The molecule has 110 valence electrons. The summed E-state index contributed by atoms with van der Waals surface area (Å²) < 4.78 is 5.46. The van der Waals surface area contributed by atoms with E-state index in [4.69, 9.17) is 4.74 Å². The van der Waals surface area contributed by atoms with Gasteiger partial charge in [0.05, 0.1) is 0 Å². The Bertz CT molecular complexity index is 201. The third-order valence-electron chi connectivity index (χ3n) is 2.46. The lowest BCUT2D eigenvalue weighted by atomic mass is 10.1. The van der Waals surface area contributed by atoms with Crippen molar-refractivity contribution in [2.24, 2.45) is 5.92 Å². The predicted molar refractivity (Wildman–Crippen MR) is 78.3 cm³/mol. The first-order valence-corrected chi connectivity index (χ1v) is 6.68. The largest absolute Gasteiger partial charge is 0.369 e. The van der Waals surface area contributed by atoms with Gasteiger partial charge in [0, 0.05) is 19.7 Å². The fourth-order valence-corrected chi connectivity index (χ4v) is 1.28. The van der Waals surface area contributed by atoms with Gasteiger partial charge in [-0.3, -0.25) is 4.79 Å². The van der Waals surface area contributed by atoms with Gasteiger partial charge in [-0.2, -0.15) is 0 Å². The van der Waals surface area contributed by atoms with Gasteiger partial charge in [0.2, 0.25) is 5.91 Å². The molecule has 1 amide bonds. The zero-order chi connectivity index (χ0) is 13.1. The van der Waals surface area contributed by atoms with Gasteiger partial charge in [-0.1, -0.05) is 20.8 Å². The Labute approximate surface area is 118 Å². The van der Waals surface area contributed by atoms with Gasteiger partial charge < -0.3 is 15.4 Å². The average Bonchev–Trinajstić information content (AvgIpc) is 2.27. The van der Waals surface area contributed by atoms with E-state index in [9.17, 15) is 4.79 Å². The summed E-state index contributed by atoms with van der Waals surface area (Å²) >= 11 is 0. The van der Waals surface area contributed by atoms with Crippen molar-refractivity contribution >= 4 is 18.3 Å². The summed E-state index contributed by atoms with van der Waals surface area (Å²) in [5, 5.41) is 6.08. The van der Waals surface area contributed by atoms with Crippen LogP contribution >= 0.6 is 12.4 Å². The van der Waals surface area contributed by atoms with Crippen LogP contribution < -0.4 is 10.6 Å². The summed E-state index contributed by atoms with van der Waals surface area (Å²) in [4.78, 5) is 11.6. The molecule has 0 aliphatic carbocycles. The maximum absolute atomic E-state index is 11.6. The summed E-state index contributed by atoms with van der Waals surface area (Å²) in [6.07, 6.45) is 1.76. The molecule has 0 aliphatic heterocycles. The van der Waals surface area contributed by atoms with Gasteiger partial charge in [-0.25, -0.2) is 0 Å². The predicted octanol–water partition coefficient (Wildman–Crippen LogP) is 1.98. The lowest BCUT2D eigenvalue weighted by Gasteiger charge is -2.14. The topological polar surface area (TPSA) is 50.4 Å². The van der Waals surface area contributed by atoms with Crippen molar-refractivity contribution in [3.8, 4) is 0 Å². The van der Waals surface area contributed by atoms with Crippen LogP contribution in [-0.2, 0) is 9.53 Å². The number of hydrogen-bond acceptors (Lipinski definition) is 3. The summed E-state index contributed by atoms with van der Waals surface area (Å²) in [6.45, 7) is 11.3. The quantitative estimate of drug-likeness (QED) is 0.602. The van der Waals surface area contributed by atoms with Crippen LogP contribution in [0.15, 0.2) is 0 Å². The number of carbonyl (C=O) groups is 1. The minimum absolute atomic E-state index is 0. The van der Waals surface area contributed by atoms with Gasteiger partial charge in [0.25, 0.3) is 0 Å². The number of halogens is 1. The van der Waals surface area contributed by atoms with Crippen LogP contribution in [0.5, 0.6) is 0 Å². The van der Waals surface area contributed by atoms with Crippen molar-refractivity contribution in [1.82, 2.24) is 10.6 Å². The lowest BCUT2D eigenvalue weighted by Crippen LogP contribution is -2.38. The fourth-order valence-electron chi connectivity index (χ4n) is 1.28. The van der Waals surface area contributed by atoms with E-state index in [0.717, 1.165) is 25.9 Å². The standard InChI is InChI=1S/C13H28N2O2.ClH/c1-5-7-14-8-9-15-13(16)12(4)17-10-6-11(2)3;/h11-12,14H,5-10H2,1-4H3,(H,15,16);1H. The average molecular weight is 281 g/mol. The van der Waals surface area contributed by atoms with E-state index in [1.807, 2.05) is 0 Å². The Morgan fingerprint density at radius 3 is 2.39 bits per heavy atom. The highest BCUT2D eigenvalue weighted by atomic mass is 35.5. The zero-order valence-electron chi connectivity index (χ0n) is 12.1. The number of amides is 1. The molecule has 0 spiro atoms. The van der Waals surface area contributed by atoms with Gasteiger partial charge in [-0.15, -0.1) is 12.4 Å². The Kier molecular flexibility index (Phi) is 14.6. The summed E-state index contributed by atoms with van der Waals surface area (Å²) in [6, 6.07) is 0. The number of carbonyl (C=O) groups excluding carboxylic acids is 1. The monoisotopic (exact) mass is 280 g/mol. The molecule has 1 unspecified atom stereocenters. The van der Waals surface area contributed by atoms with Crippen molar-refractivity contribution in [2.75, 3.05) is 26.2 Å². The van der Waals surface area contributed by atoms with Crippen LogP contribution in [0.3, 0.4) is 0 Å². The third kappa shape index (κ3) is 12.1. The molecule has 0 aromatic rings. The lowest BCUT2D eigenvalue weighted by molar-refractivity contribution is -0.131. The van der Waals surface area contributed by atoms with Gasteiger partial charge in [0.1, 0.15) is 6.10 Å². The van der Waals surface area contributed by atoms with Crippen molar-refractivity contribution < 1.29 is 9.53 Å². The maximum Gasteiger partial charge on any atom is 0.248 e.